The van der Waals surface area contributed by atoms with Crippen molar-refractivity contribution in [2.45, 2.75) is 19.8 Å². The fourth-order valence-corrected chi connectivity index (χ4v) is 2.06. The largest absolute Gasteiger partial charge is 0.494 e. The Hall–Kier alpha value is -2.82. The van der Waals surface area contributed by atoms with Gasteiger partial charge in [-0.25, -0.2) is 0 Å². The minimum absolute atomic E-state index is 0.233. The highest BCUT2D eigenvalue weighted by Gasteiger charge is 2.08. The molecule has 2 aromatic rings. The molecule has 23 heavy (non-hydrogen) atoms. The molecule has 0 aliphatic carbocycles. The van der Waals surface area contributed by atoms with E-state index in [1.54, 1.807) is 24.3 Å². The summed E-state index contributed by atoms with van der Waals surface area (Å²) in [6.45, 7) is 2.40. The second-order valence-corrected chi connectivity index (χ2v) is 4.95. The summed E-state index contributed by atoms with van der Waals surface area (Å²) in [6.07, 6.45) is 0.936. The van der Waals surface area contributed by atoms with Gasteiger partial charge in [0.15, 0.2) is 0 Å². The number of rotatable bonds is 6. The van der Waals surface area contributed by atoms with Crippen LogP contribution in [0.15, 0.2) is 54.6 Å². The van der Waals surface area contributed by atoms with Gasteiger partial charge in [-0.05, 0) is 37.1 Å². The SMILES string of the molecule is CCOc1cccc(C(=O)NNC(=O)CCc2ccccc2)c1. The molecule has 0 unspecified atom stereocenters. The molecule has 0 aliphatic heterocycles. The first-order valence-corrected chi connectivity index (χ1v) is 7.55. The van der Waals surface area contributed by atoms with E-state index >= 15 is 0 Å². The first-order valence-electron chi connectivity index (χ1n) is 7.55. The molecule has 2 N–H and O–H groups in total. The Labute approximate surface area is 135 Å². The van der Waals surface area contributed by atoms with Crippen LogP contribution < -0.4 is 15.6 Å². The normalized spacial score (nSPS) is 9.96. The number of carbonyl (C=O) groups is 2. The Morgan fingerprint density at radius 2 is 1.78 bits per heavy atom. The molecule has 0 aromatic heterocycles. The lowest BCUT2D eigenvalue weighted by Gasteiger charge is -2.09. The summed E-state index contributed by atoms with van der Waals surface area (Å²) < 4.78 is 5.34. The third kappa shape index (κ3) is 5.47. The smallest absolute Gasteiger partial charge is 0.269 e. The van der Waals surface area contributed by atoms with Crippen LogP contribution in [-0.2, 0) is 11.2 Å². The fourth-order valence-electron chi connectivity index (χ4n) is 2.06. The molecule has 2 rings (SSSR count). The van der Waals surface area contributed by atoms with E-state index in [0.717, 1.165) is 5.56 Å². The van der Waals surface area contributed by atoms with Crippen LogP contribution in [0, 0.1) is 0 Å². The molecule has 0 atom stereocenters. The third-order valence-electron chi connectivity index (χ3n) is 3.21. The van der Waals surface area contributed by atoms with Crippen molar-refractivity contribution in [1.82, 2.24) is 10.9 Å². The molecule has 0 saturated heterocycles. The van der Waals surface area contributed by atoms with Gasteiger partial charge in [-0.3, -0.25) is 20.4 Å². The minimum Gasteiger partial charge on any atom is -0.494 e. The topological polar surface area (TPSA) is 67.4 Å². The van der Waals surface area contributed by atoms with E-state index in [-0.39, 0.29) is 11.8 Å². The van der Waals surface area contributed by atoms with Crippen LogP contribution in [0.2, 0.25) is 0 Å². The van der Waals surface area contributed by atoms with Crippen LogP contribution in [0.5, 0.6) is 5.75 Å². The maximum absolute atomic E-state index is 12.0. The standard InChI is InChI=1S/C18H20N2O3/c1-2-23-16-10-6-9-15(13-16)18(22)20-19-17(21)12-11-14-7-4-3-5-8-14/h3-10,13H,2,11-12H2,1H3,(H,19,21)(H,20,22). The van der Waals surface area contributed by atoms with Crippen molar-refractivity contribution in [2.24, 2.45) is 0 Å². The van der Waals surface area contributed by atoms with Gasteiger partial charge < -0.3 is 4.74 Å². The molecule has 0 saturated carbocycles. The van der Waals surface area contributed by atoms with Crippen molar-refractivity contribution in [3.8, 4) is 5.75 Å². The molecule has 0 bridgehead atoms. The lowest BCUT2D eigenvalue weighted by atomic mass is 10.1. The number of aryl methyl sites for hydroxylation is 1. The van der Waals surface area contributed by atoms with Gasteiger partial charge in [0, 0.05) is 12.0 Å². The average Bonchev–Trinajstić information content (AvgIpc) is 2.59. The molecular weight excluding hydrogens is 292 g/mol. The van der Waals surface area contributed by atoms with E-state index in [1.807, 2.05) is 37.3 Å². The minimum atomic E-state index is -0.375. The van der Waals surface area contributed by atoms with Crippen LogP contribution in [0.3, 0.4) is 0 Å². The summed E-state index contributed by atoms with van der Waals surface area (Å²) in [5.74, 6) is 0.0123. The Bertz CT molecular complexity index is 656. The second kappa shape index (κ2) is 8.58. The third-order valence-corrected chi connectivity index (χ3v) is 3.21. The Morgan fingerprint density at radius 3 is 2.52 bits per heavy atom. The molecule has 2 amide bonds. The van der Waals surface area contributed by atoms with Crippen molar-refractivity contribution < 1.29 is 14.3 Å². The maximum atomic E-state index is 12.0. The monoisotopic (exact) mass is 312 g/mol. The van der Waals surface area contributed by atoms with Crippen LogP contribution in [0.25, 0.3) is 0 Å². The van der Waals surface area contributed by atoms with Gasteiger partial charge in [-0.15, -0.1) is 0 Å². The molecule has 0 heterocycles. The van der Waals surface area contributed by atoms with Crippen molar-refractivity contribution in [3.63, 3.8) is 0 Å². The van der Waals surface area contributed by atoms with E-state index in [2.05, 4.69) is 10.9 Å². The zero-order valence-corrected chi connectivity index (χ0v) is 13.0. The second-order valence-electron chi connectivity index (χ2n) is 4.95. The zero-order valence-electron chi connectivity index (χ0n) is 13.0. The number of amides is 2. The van der Waals surface area contributed by atoms with Crippen molar-refractivity contribution >= 4 is 11.8 Å². The molecule has 0 fully saturated rings. The highest BCUT2D eigenvalue weighted by atomic mass is 16.5. The number of hydrogen-bond donors (Lipinski definition) is 2. The molecule has 0 radical (unpaired) electrons. The van der Waals surface area contributed by atoms with Crippen molar-refractivity contribution in [1.29, 1.82) is 0 Å². The van der Waals surface area contributed by atoms with Gasteiger partial charge in [0.25, 0.3) is 5.91 Å². The average molecular weight is 312 g/mol. The van der Waals surface area contributed by atoms with E-state index < -0.39 is 0 Å². The van der Waals surface area contributed by atoms with Gasteiger partial charge in [-0.1, -0.05) is 36.4 Å². The lowest BCUT2D eigenvalue weighted by molar-refractivity contribution is -0.121. The Morgan fingerprint density at radius 1 is 1.00 bits per heavy atom. The summed E-state index contributed by atoms with van der Waals surface area (Å²) in [5.41, 5.74) is 6.35. The zero-order chi connectivity index (χ0) is 16.5. The molecular formula is C18H20N2O3. The maximum Gasteiger partial charge on any atom is 0.269 e. The summed E-state index contributed by atoms with van der Waals surface area (Å²) in [4.78, 5) is 23.8. The first kappa shape index (κ1) is 16.5. The number of carbonyl (C=O) groups excluding carboxylic acids is 2. The molecule has 120 valence electrons. The van der Waals surface area contributed by atoms with Gasteiger partial charge >= 0.3 is 0 Å². The summed E-state index contributed by atoms with van der Waals surface area (Å²) >= 11 is 0. The first-order chi connectivity index (χ1) is 11.2. The highest BCUT2D eigenvalue weighted by Crippen LogP contribution is 2.12. The summed E-state index contributed by atoms with van der Waals surface area (Å²) in [7, 11) is 0. The van der Waals surface area contributed by atoms with E-state index in [4.69, 9.17) is 4.74 Å². The van der Waals surface area contributed by atoms with Crippen molar-refractivity contribution in [3.05, 3.63) is 65.7 Å². The highest BCUT2D eigenvalue weighted by molar-refractivity contribution is 5.95. The van der Waals surface area contributed by atoms with Crippen LogP contribution >= 0.6 is 0 Å². The van der Waals surface area contributed by atoms with Crippen LogP contribution in [0.4, 0.5) is 0 Å². The number of hydrogen-bond acceptors (Lipinski definition) is 3. The molecule has 5 heteroatoms. The van der Waals surface area contributed by atoms with E-state index in [0.29, 0.717) is 30.8 Å². The number of hydrazine groups is 1. The predicted octanol–water partition coefficient (Wildman–Crippen LogP) is 2.48. The Balaban J connectivity index is 1.79. The lowest BCUT2D eigenvalue weighted by Crippen LogP contribution is -2.41. The Kier molecular flexibility index (Phi) is 6.17. The van der Waals surface area contributed by atoms with Crippen LogP contribution in [0.1, 0.15) is 29.3 Å². The molecule has 0 spiro atoms. The number of nitrogens with one attached hydrogen (secondary N) is 2. The summed E-state index contributed by atoms with van der Waals surface area (Å²) in [5, 5.41) is 0. The fraction of sp³-hybridized carbons (Fsp3) is 0.222. The quantitative estimate of drug-likeness (QED) is 0.805. The van der Waals surface area contributed by atoms with Gasteiger partial charge in [0.05, 0.1) is 6.61 Å². The molecule has 0 aliphatic rings. The number of benzene rings is 2. The predicted molar refractivity (Wildman–Crippen MR) is 88.0 cm³/mol. The summed E-state index contributed by atoms with van der Waals surface area (Å²) in [6, 6.07) is 16.5. The molecule has 2 aromatic carbocycles. The molecule has 5 nitrogen and oxygen atoms in total. The van der Waals surface area contributed by atoms with Crippen LogP contribution in [-0.4, -0.2) is 18.4 Å². The van der Waals surface area contributed by atoms with E-state index in [9.17, 15) is 9.59 Å². The van der Waals surface area contributed by atoms with Gasteiger partial charge in [-0.2, -0.15) is 0 Å². The van der Waals surface area contributed by atoms with E-state index in [1.165, 1.54) is 0 Å². The van der Waals surface area contributed by atoms with Gasteiger partial charge in [0.2, 0.25) is 5.91 Å². The van der Waals surface area contributed by atoms with Crippen molar-refractivity contribution in [2.75, 3.05) is 6.61 Å². The van der Waals surface area contributed by atoms with Gasteiger partial charge in [0.1, 0.15) is 5.75 Å². The number of ether oxygens (including phenoxy) is 1.